The fraction of sp³-hybridized carbons (Fsp3) is 0.263. The summed E-state index contributed by atoms with van der Waals surface area (Å²) >= 11 is 12.6. The van der Waals surface area contributed by atoms with E-state index in [0.717, 1.165) is 16.6 Å². The molecule has 7 heteroatoms. The van der Waals surface area contributed by atoms with Crippen LogP contribution >= 0.6 is 23.2 Å². The van der Waals surface area contributed by atoms with Crippen molar-refractivity contribution in [2.45, 2.75) is 6.92 Å². The first-order valence-corrected chi connectivity index (χ1v) is 9.05. The molecular formula is C19H16Cl2N2O3. The summed E-state index contributed by atoms with van der Waals surface area (Å²) in [5, 5.41) is 0.589. The lowest BCUT2D eigenvalue weighted by Crippen LogP contribution is -2.40. The largest absolute Gasteiger partial charge is 0.378 e. The van der Waals surface area contributed by atoms with E-state index in [0.29, 0.717) is 31.9 Å². The van der Waals surface area contributed by atoms with Crippen molar-refractivity contribution in [3.05, 3.63) is 51.3 Å². The van der Waals surface area contributed by atoms with Gasteiger partial charge in [0.05, 0.1) is 18.8 Å². The van der Waals surface area contributed by atoms with Crippen LogP contribution in [0.5, 0.6) is 0 Å². The molecule has 1 aromatic carbocycles. The summed E-state index contributed by atoms with van der Waals surface area (Å²) in [7, 11) is 0. The van der Waals surface area contributed by atoms with Gasteiger partial charge in [0.2, 0.25) is 11.6 Å². The molecule has 1 N–H and O–H groups in total. The van der Waals surface area contributed by atoms with Gasteiger partial charge in [0.25, 0.3) is 0 Å². The first kappa shape index (κ1) is 17.3. The molecule has 1 aliphatic heterocycles. The molecule has 2 heterocycles. The Morgan fingerprint density at radius 3 is 2.46 bits per heavy atom. The Balaban J connectivity index is 1.89. The molecule has 0 spiro atoms. The number of allylic oxidation sites excluding steroid dienone is 3. The predicted octanol–water partition coefficient (Wildman–Crippen LogP) is 3.36. The Morgan fingerprint density at radius 1 is 1.04 bits per heavy atom. The Kier molecular flexibility index (Phi) is 4.39. The summed E-state index contributed by atoms with van der Waals surface area (Å²) in [6.07, 6.45) is 0. The van der Waals surface area contributed by atoms with E-state index in [1.54, 1.807) is 4.90 Å². The number of rotatable bonds is 2. The van der Waals surface area contributed by atoms with Gasteiger partial charge in [0.15, 0.2) is 0 Å². The van der Waals surface area contributed by atoms with E-state index in [9.17, 15) is 9.59 Å². The minimum absolute atomic E-state index is 0.122. The number of aromatic amines is 1. The normalized spacial score (nSPS) is 19.1. The van der Waals surface area contributed by atoms with Gasteiger partial charge in [-0.15, -0.1) is 0 Å². The SMILES string of the molecule is Cc1[nH]c2ccccc2c1C1=C(Cl)C(=O)C(Cl)=C(N2CCOCC2)C1=O. The molecule has 0 amide bonds. The molecule has 2 aliphatic rings. The van der Waals surface area contributed by atoms with Gasteiger partial charge < -0.3 is 14.6 Å². The molecule has 134 valence electrons. The molecule has 0 bridgehead atoms. The zero-order valence-corrected chi connectivity index (χ0v) is 15.6. The molecular weight excluding hydrogens is 375 g/mol. The van der Waals surface area contributed by atoms with Crippen molar-refractivity contribution in [3.8, 4) is 0 Å². The lowest BCUT2D eigenvalue weighted by atomic mass is 9.91. The first-order valence-electron chi connectivity index (χ1n) is 8.30. The van der Waals surface area contributed by atoms with Crippen molar-refractivity contribution < 1.29 is 14.3 Å². The number of aryl methyl sites for hydroxylation is 1. The van der Waals surface area contributed by atoms with Gasteiger partial charge in [-0.05, 0) is 13.0 Å². The number of ketones is 2. The second-order valence-corrected chi connectivity index (χ2v) is 7.04. The van der Waals surface area contributed by atoms with Crippen LogP contribution in [0.4, 0.5) is 0 Å². The summed E-state index contributed by atoms with van der Waals surface area (Å²) < 4.78 is 5.34. The number of H-pyrrole nitrogens is 1. The van der Waals surface area contributed by atoms with Crippen molar-refractivity contribution >= 4 is 51.2 Å². The maximum atomic E-state index is 13.4. The highest BCUT2D eigenvalue weighted by Gasteiger charge is 2.38. The lowest BCUT2D eigenvalue weighted by molar-refractivity contribution is -0.116. The van der Waals surface area contributed by atoms with Gasteiger partial charge in [-0.25, -0.2) is 0 Å². The molecule has 0 radical (unpaired) electrons. The minimum atomic E-state index is -0.519. The molecule has 1 fully saturated rings. The molecule has 0 saturated carbocycles. The van der Waals surface area contributed by atoms with Gasteiger partial charge in [0.1, 0.15) is 15.8 Å². The number of hydrogen-bond donors (Lipinski definition) is 1. The Hall–Kier alpha value is -2.08. The lowest BCUT2D eigenvalue weighted by Gasteiger charge is -2.32. The topological polar surface area (TPSA) is 62.4 Å². The molecule has 2 aromatic rings. The van der Waals surface area contributed by atoms with Crippen LogP contribution in [0, 0.1) is 6.92 Å². The smallest absolute Gasteiger partial charge is 0.218 e. The van der Waals surface area contributed by atoms with Crippen molar-refractivity contribution in [3.63, 3.8) is 0 Å². The zero-order valence-electron chi connectivity index (χ0n) is 14.1. The van der Waals surface area contributed by atoms with E-state index in [2.05, 4.69) is 4.98 Å². The molecule has 4 rings (SSSR count). The first-order chi connectivity index (χ1) is 12.5. The van der Waals surface area contributed by atoms with Crippen LogP contribution in [0.15, 0.2) is 40.0 Å². The predicted molar refractivity (Wildman–Crippen MR) is 101 cm³/mol. The molecule has 0 atom stereocenters. The number of benzene rings is 1. The Bertz CT molecular complexity index is 997. The van der Waals surface area contributed by atoms with E-state index in [1.165, 1.54) is 0 Å². The van der Waals surface area contributed by atoms with Crippen molar-refractivity contribution in [2.75, 3.05) is 26.3 Å². The van der Waals surface area contributed by atoms with E-state index >= 15 is 0 Å². The van der Waals surface area contributed by atoms with E-state index in [1.807, 2.05) is 31.2 Å². The number of nitrogens with zero attached hydrogens (tertiary/aromatic N) is 1. The summed E-state index contributed by atoms with van der Waals surface area (Å²) in [6, 6.07) is 7.61. The summed E-state index contributed by atoms with van der Waals surface area (Å²) in [6.45, 7) is 3.82. The summed E-state index contributed by atoms with van der Waals surface area (Å²) in [5.74, 6) is -0.844. The fourth-order valence-corrected chi connectivity index (χ4v) is 4.15. The van der Waals surface area contributed by atoms with Crippen LogP contribution in [0.1, 0.15) is 11.3 Å². The van der Waals surface area contributed by atoms with Gasteiger partial charge in [-0.3, -0.25) is 9.59 Å². The molecule has 1 aliphatic carbocycles. The van der Waals surface area contributed by atoms with Crippen LogP contribution in [0.25, 0.3) is 16.5 Å². The maximum absolute atomic E-state index is 13.4. The maximum Gasteiger partial charge on any atom is 0.218 e. The quantitative estimate of drug-likeness (QED) is 0.798. The molecule has 1 aromatic heterocycles. The number of para-hydroxylation sites is 1. The number of fused-ring (bicyclic) bond motifs is 1. The third-order valence-corrected chi connectivity index (χ3v) is 5.45. The van der Waals surface area contributed by atoms with Crippen LogP contribution in [0.3, 0.4) is 0 Å². The minimum Gasteiger partial charge on any atom is -0.378 e. The Morgan fingerprint density at radius 2 is 1.73 bits per heavy atom. The summed E-state index contributed by atoms with van der Waals surface area (Å²) in [5.41, 5.74) is 2.73. The van der Waals surface area contributed by atoms with Crippen LogP contribution in [-0.2, 0) is 14.3 Å². The third kappa shape index (κ3) is 2.58. The van der Waals surface area contributed by atoms with E-state index in [4.69, 9.17) is 27.9 Å². The number of carbonyl (C=O) groups excluding carboxylic acids is 2. The van der Waals surface area contributed by atoms with Gasteiger partial charge in [0, 0.05) is 35.2 Å². The van der Waals surface area contributed by atoms with Crippen LogP contribution in [-0.4, -0.2) is 47.8 Å². The zero-order chi connectivity index (χ0) is 18.4. The van der Waals surface area contributed by atoms with E-state index < -0.39 is 5.78 Å². The number of nitrogens with one attached hydrogen (secondary N) is 1. The van der Waals surface area contributed by atoms with Crippen LogP contribution < -0.4 is 0 Å². The molecule has 1 saturated heterocycles. The highest BCUT2D eigenvalue weighted by molar-refractivity contribution is 6.63. The van der Waals surface area contributed by atoms with Gasteiger partial charge in [-0.1, -0.05) is 41.4 Å². The number of halogens is 2. The number of Topliss-reactive ketones (excluding diaryl/α,β-unsaturated/α-hetero) is 2. The third-order valence-electron chi connectivity index (χ3n) is 4.74. The number of morpholine rings is 1. The number of aromatic nitrogens is 1. The number of ether oxygens (including phenoxy) is 1. The van der Waals surface area contributed by atoms with Crippen LogP contribution in [0.2, 0.25) is 0 Å². The van der Waals surface area contributed by atoms with Crippen molar-refractivity contribution in [1.29, 1.82) is 0 Å². The Labute approximate surface area is 160 Å². The second kappa shape index (κ2) is 6.58. The van der Waals surface area contributed by atoms with Gasteiger partial charge >= 0.3 is 0 Å². The summed E-state index contributed by atoms with van der Waals surface area (Å²) in [4.78, 5) is 31.1. The highest BCUT2D eigenvalue weighted by Crippen LogP contribution is 2.40. The van der Waals surface area contributed by atoms with Gasteiger partial charge in [-0.2, -0.15) is 0 Å². The van der Waals surface area contributed by atoms with Crippen molar-refractivity contribution in [2.24, 2.45) is 0 Å². The average Bonchev–Trinajstić information content (AvgIpc) is 2.97. The monoisotopic (exact) mass is 390 g/mol. The second-order valence-electron chi connectivity index (χ2n) is 6.28. The average molecular weight is 391 g/mol. The standard InChI is InChI=1S/C19H16Cl2N2O3/c1-10-13(11-4-2-3-5-12(11)22-10)14-15(20)19(25)16(21)17(18(14)24)23-6-8-26-9-7-23/h2-5,22H,6-9H2,1H3. The fourth-order valence-electron chi connectivity index (χ4n) is 3.53. The van der Waals surface area contributed by atoms with E-state index in [-0.39, 0.29) is 27.1 Å². The number of hydrogen-bond acceptors (Lipinski definition) is 4. The highest BCUT2D eigenvalue weighted by atomic mass is 35.5. The van der Waals surface area contributed by atoms with Crippen molar-refractivity contribution in [1.82, 2.24) is 9.88 Å². The molecule has 5 nitrogen and oxygen atoms in total. The molecule has 0 unspecified atom stereocenters. The number of carbonyl (C=O) groups is 2. The molecule has 26 heavy (non-hydrogen) atoms.